The van der Waals surface area contributed by atoms with Crippen LogP contribution in [0.15, 0.2) is 27.5 Å². The number of aliphatic imine (C=N–C) groups is 1. The zero-order valence-electron chi connectivity index (χ0n) is 32.3. The molecule has 10 nitrogen and oxygen atoms in total. The normalized spacial score (nSPS) is 17.8. The summed E-state index contributed by atoms with van der Waals surface area (Å²) in [5.74, 6) is 0.160. The molecule has 282 valence electrons. The highest BCUT2D eigenvalue weighted by Crippen LogP contribution is 2.34. The number of carbonyl (C=O) groups excluding carboxylic acids is 4. The summed E-state index contributed by atoms with van der Waals surface area (Å²) in [7, 11) is 0.959. The Morgan fingerprint density at radius 2 is 1.74 bits per heavy atom. The van der Waals surface area contributed by atoms with Gasteiger partial charge in [-0.15, -0.1) is 6.42 Å². The van der Waals surface area contributed by atoms with Gasteiger partial charge in [-0.25, -0.2) is 9.79 Å². The number of amides is 2. The Morgan fingerprint density at radius 3 is 2.24 bits per heavy atom. The van der Waals surface area contributed by atoms with Crippen LogP contribution in [0.2, 0.25) is 18.1 Å². The summed E-state index contributed by atoms with van der Waals surface area (Å²) in [6, 6.07) is 1.78. The van der Waals surface area contributed by atoms with Crippen molar-refractivity contribution in [2.75, 3.05) is 27.4 Å². The van der Waals surface area contributed by atoms with Crippen molar-refractivity contribution >= 4 is 49.5 Å². The molecular formula is C38H63N3O7SSi. The number of methoxy groups -OCH3 is 1. The fraction of sp³-hybridized carbons (Fsp3) is 0.711. The van der Waals surface area contributed by atoms with Gasteiger partial charge in [0, 0.05) is 23.3 Å². The van der Waals surface area contributed by atoms with Crippen molar-refractivity contribution in [2.45, 2.75) is 137 Å². The predicted molar refractivity (Wildman–Crippen MR) is 206 cm³/mol. The molecule has 0 aliphatic carbocycles. The Bertz CT molecular complexity index is 1250. The molecule has 1 aliphatic rings. The lowest BCUT2D eigenvalue weighted by atomic mass is 9.94. The van der Waals surface area contributed by atoms with Crippen LogP contribution in [-0.2, 0) is 33.1 Å². The van der Waals surface area contributed by atoms with Crippen LogP contribution in [0.3, 0.4) is 0 Å². The zero-order chi connectivity index (χ0) is 38.0. The number of nitrogens with zero attached hydrogens (tertiary/aromatic N) is 3. The number of ether oxygens (including phenoxy) is 2. The van der Waals surface area contributed by atoms with Crippen molar-refractivity contribution in [1.29, 1.82) is 0 Å². The Morgan fingerprint density at radius 1 is 1.10 bits per heavy atom. The van der Waals surface area contributed by atoms with Crippen molar-refractivity contribution in [3.8, 4) is 12.3 Å². The number of piperidine rings is 1. The first-order valence-corrected chi connectivity index (χ1v) is 21.7. The quantitative estimate of drug-likeness (QED) is 0.0298. The van der Waals surface area contributed by atoms with E-state index >= 15 is 0 Å². The van der Waals surface area contributed by atoms with E-state index in [1.54, 1.807) is 10.3 Å². The highest BCUT2D eigenvalue weighted by Gasteiger charge is 2.39. The number of hydrogen-bond donors (Lipinski definition) is 0. The summed E-state index contributed by atoms with van der Waals surface area (Å²) < 4.78 is 17.6. The van der Waals surface area contributed by atoms with Crippen molar-refractivity contribution in [1.82, 2.24) is 9.80 Å². The summed E-state index contributed by atoms with van der Waals surface area (Å²) in [6.07, 6.45) is 9.44. The highest BCUT2D eigenvalue weighted by atomic mass is 32.2. The van der Waals surface area contributed by atoms with Gasteiger partial charge in [-0.05, 0) is 75.2 Å². The monoisotopic (exact) mass is 733 g/mol. The van der Waals surface area contributed by atoms with Crippen molar-refractivity contribution < 1.29 is 33.1 Å². The number of likely N-dealkylation sites (tertiary alicyclic amines) is 1. The second-order valence-electron chi connectivity index (χ2n) is 13.5. The predicted octanol–water partition coefficient (Wildman–Crippen LogP) is 7.36. The Kier molecular flexibility index (Phi) is 20.8. The largest absolute Gasteiger partial charge is 0.465 e. The van der Waals surface area contributed by atoms with E-state index < -0.39 is 38.3 Å². The van der Waals surface area contributed by atoms with Crippen molar-refractivity contribution in [2.24, 2.45) is 16.8 Å². The van der Waals surface area contributed by atoms with Gasteiger partial charge in [0.05, 0.1) is 19.3 Å². The summed E-state index contributed by atoms with van der Waals surface area (Å²) in [6.45, 7) is 21.0. The van der Waals surface area contributed by atoms with E-state index in [-0.39, 0.29) is 48.2 Å². The number of rotatable bonds is 21. The molecule has 12 heteroatoms. The molecule has 1 aliphatic heterocycles. The van der Waals surface area contributed by atoms with Crippen molar-refractivity contribution in [3.05, 3.63) is 22.5 Å². The second-order valence-corrected chi connectivity index (χ2v) is 19.2. The maximum absolute atomic E-state index is 14.7. The van der Waals surface area contributed by atoms with Crippen LogP contribution in [0.25, 0.3) is 0 Å². The molecule has 4 atom stereocenters. The van der Waals surface area contributed by atoms with E-state index in [9.17, 15) is 19.2 Å². The van der Waals surface area contributed by atoms with Gasteiger partial charge in [-0.2, -0.15) is 0 Å². The minimum atomic E-state index is -2.23. The first-order chi connectivity index (χ1) is 23.7. The molecule has 0 saturated carbocycles. The lowest BCUT2D eigenvalue weighted by Gasteiger charge is -2.40. The molecule has 0 aromatic carbocycles. The van der Waals surface area contributed by atoms with Gasteiger partial charge in [-0.3, -0.25) is 19.3 Å². The van der Waals surface area contributed by atoms with E-state index in [0.717, 1.165) is 37.5 Å². The molecular weight excluding hydrogens is 671 g/mol. The summed E-state index contributed by atoms with van der Waals surface area (Å²) in [5.41, 5.74) is 0.225. The Labute approximate surface area is 307 Å². The fourth-order valence-electron chi connectivity index (χ4n) is 6.00. The second kappa shape index (κ2) is 23.0. The zero-order valence-corrected chi connectivity index (χ0v) is 34.2. The van der Waals surface area contributed by atoms with Gasteiger partial charge in [-0.1, -0.05) is 86.1 Å². The third-order valence-corrected chi connectivity index (χ3v) is 15.4. The molecule has 0 radical (unpaired) electrons. The van der Waals surface area contributed by atoms with E-state index in [4.69, 9.17) is 20.3 Å². The lowest BCUT2D eigenvalue weighted by Crippen LogP contribution is -2.52. The molecule has 2 amide bonds. The molecule has 0 aromatic heterocycles. The molecule has 50 heavy (non-hydrogen) atoms. The van der Waals surface area contributed by atoms with E-state index in [2.05, 4.69) is 38.3 Å². The molecule has 0 spiro atoms. The maximum atomic E-state index is 14.7. The standard InChI is InChI=1S/C38H63N3O7SSi/c1-13-21-34(42)47-26-41(37(44)35(28(9)14-2)39-36(43)31-22-19-20-23-40(31)11)32(27(7)8)24-33(48-50(16-4,17-5)18-6)29(10)49-25-30(15-3)38(45)46-12/h3,25,27-28,31-33H,10,13-14,16-24,26H2,1-2,4-9,11-12H3/b30-25+,39-35?/t28-,31+,32+,33?/m0/s1. The third-order valence-electron chi connectivity index (χ3n) is 9.86. The first kappa shape index (κ1) is 45.3. The van der Waals surface area contributed by atoms with Crippen LogP contribution in [0.1, 0.15) is 100 Å². The van der Waals surface area contributed by atoms with Crippen LogP contribution in [0.5, 0.6) is 0 Å². The fourth-order valence-corrected chi connectivity index (χ4v) is 9.66. The Hall–Kier alpha value is -2.72. The van der Waals surface area contributed by atoms with Crippen LogP contribution in [0.4, 0.5) is 0 Å². The number of likely N-dealkylation sites (N-methyl/N-ethyl adjacent to an activating group) is 1. The number of thioether (sulfide) groups is 1. The molecule has 0 N–H and O–H groups in total. The van der Waals surface area contributed by atoms with Crippen molar-refractivity contribution in [3.63, 3.8) is 0 Å². The van der Waals surface area contributed by atoms with Gasteiger partial charge in [0.2, 0.25) is 0 Å². The molecule has 1 heterocycles. The van der Waals surface area contributed by atoms with Gasteiger partial charge < -0.3 is 18.8 Å². The van der Waals surface area contributed by atoms with E-state index in [1.165, 1.54) is 18.9 Å². The molecule has 1 rings (SSSR count). The maximum Gasteiger partial charge on any atom is 0.346 e. The van der Waals surface area contributed by atoms with Gasteiger partial charge in [0.1, 0.15) is 11.3 Å². The van der Waals surface area contributed by atoms with E-state index in [1.807, 2.05) is 46.6 Å². The van der Waals surface area contributed by atoms with Gasteiger partial charge >= 0.3 is 11.9 Å². The number of carbonyl (C=O) groups is 4. The SMILES string of the molecule is C#C/C(=C\SC(=C)C(C[C@H](C(C)C)N(COC(=O)CCC)C(=O)C(=NC(=O)[C@H]1CCCCN1C)[C@@H](C)CC)O[Si](CC)(CC)CC)C(=O)OC. The lowest BCUT2D eigenvalue weighted by molar-refractivity contribution is -0.154. The molecule has 1 unspecified atom stereocenters. The average Bonchev–Trinajstić information content (AvgIpc) is 3.11. The van der Waals surface area contributed by atoms with Crippen LogP contribution >= 0.6 is 11.8 Å². The van der Waals surface area contributed by atoms with Crippen LogP contribution in [-0.4, -0.2) is 93.2 Å². The minimum Gasteiger partial charge on any atom is -0.465 e. The molecule has 1 saturated heterocycles. The van der Waals surface area contributed by atoms with Gasteiger partial charge in [0.15, 0.2) is 15.0 Å². The van der Waals surface area contributed by atoms with Crippen LogP contribution < -0.4 is 0 Å². The highest BCUT2D eigenvalue weighted by molar-refractivity contribution is 8.05. The topological polar surface area (TPSA) is 115 Å². The van der Waals surface area contributed by atoms with Gasteiger partial charge in [0.25, 0.3) is 11.8 Å². The molecule has 0 bridgehead atoms. The summed E-state index contributed by atoms with van der Waals surface area (Å²) >= 11 is 1.21. The Balaban J connectivity index is 3.79. The summed E-state index contributed by atoms with van der Waals surface area (Å²) in [5, 5.41) is 1.54. The van der Waals surface area contributed by atoms with Crippen LogP contribution in [0, 0.1) is 24.2 Å². The number of terminal acetylenes is 1. The number of esters is 2. The molecule has 0 aromatic rings. The summed E-state index contributed by atoms with van der Waals surface area (Å²) in [4.78, 5) is 61.9. The third kappa shape index (κ3) is 13.4. The smallest absolute Gasteiger partial charge is 0.346 e. The molecule has 1 fully saturated rings. The van der Waals surface area contributed by atoms with E-state index in [0.29, 0.717) is 30.6 Å². The first-order valence-electron chi connectivity index (χ1n) is 18.3. The number of hydrogen-bond acceptors (Lipinski definition) is 9. The minimum absolute atomic E-state index is 0.0603. The average molecular weight is 734 g/mol.